The predicted molar refractivity (Wildman–Crippen MR) is 83.0 cm³/mol. The van der Waals surface area contributed by atoms with Crippen molar-refractivity contribution in [1.82, 2.24) is 5.32 Å². The van der Waals surface area contributed by atoms with Crippen LogP contribution < -0.4 is 5.32 Å². The van der Waals surface area contributed by atoms with Crippen LogP contribution >= 0.6 is 27.3 Å². The lowest BCUT2D eigenvalue weighted by atomic mass is 9.93. The van der Waals surface area contributed by atoms with Crippen molar-refractivity contribution >= 4 is 27.3 Å². The van der Waals surface area contributed by atoms with Gasteiger partial charge in [-0.05, 0) is 49.9 Å². The predicted octanol–water partition coefficient (Wildman–Crippen LogP) is 5.10. The van der Waals surface area contributed by atoms with E-state index in [4.69, 9.17) is 0 Å². The summed E-state index contributed by atoms with van der Waals surface area (Å²) in [6.45, 7) is 6.66. The fourth-order valence-electron chi connectivity index (χ4n) is 2.10. The molecule has 1 heterocycles. The smallest absolute Gasteiger partial charge is 0.0393 e. The first-order chi connectivity index (χ1) is 8.49. The van der Waals surface area contributed by atoms with Gasteiger partial charge in [-0.2, -0.15) is 0 Å². The number of benzene rings is 1. The first kappa shape index (κ1) is 13.8. The van der Waals surface area contributed by atoms with Crippen molar-refractivity contribution in [1.29, 1.82) is 0 Å². The van der Waals surface area contributed by atoms with Crippen LogP contribution in [0, 0.1) is 0 Å². The number of thiophene rings is 1. The third-order valence-corrected chi connectivity index (χ3v) is 4.70. The lowest BCUT2D eigenvalue weighted by molar-refractivity contribution is 0.360. The van der Waals surface area contributed by atoms with Gasteiger partial charge in [0.25, 0.3) is 0 Å². The minimum atomic E-state index is -0.0376. The fraction of sp³-hybridized carbons (Fsp3) is 0.333. The van der Waals surface area contributed by atoms with E-state index in [9.17, 15) is 0 Å². The van der Waals surface area contributed by atoms with E-state index >= 15 is 0 Å². The molecular weight excluding hydrogens is 306 g/mol. The van der Waals surface area contributed by atoms with Gasteiger partial charge < -0.3 is 5.32 Å². The van der Waals surface area contributed by atoms with Gasteiger partial charge in [-0.15, -0.1) is 11.3 Å². The maximum absolute atomic E-state index is 3.69. The summed E-state index contributed by atoms with van der Waals surface area (Å²) < 4.78 is 1.12. The maximum atomic E-state index is 3.69. The van der Waals surface area contributed by atoms with Crippen molar-refractivity contribution in [2.75, 3.05) is 0 Å². The molecule has 2 aromatic rings. The van der Waals surface area contributed by atoms with Crippen LogP contribution in [-0.2, 0) is 5.54 Å². The quantitative estimate of drug-likeness (QED) is 0.825. The molecular formula is C15H18BrNS. The Morgan fingerprint density at radius 2 is 1.83 bits per heavy atom. The molecule has 18 heavy (non-hydrogen) atoms. The molecule has 1 N–H and O–H groups in total. The molecule has 0 bridgehead atoms. The highest BCUT2D eigenvalue weighted by Crippen LogP contribution is 2.27. The highest BCUT2D eigenvalue weighted by molar-refractivity contribution is 9.10. The van der Waals surface area contributed by atoms with Crippen molar-refractivity contribution < 1.29 is 0 Å². The zero-order valence-corrected chi connectivity index (χ0v) is 13.3. The largest absolute Gasteiger partial charge is 0.300 e. The topological polar surface area (TPSA) is 12.0 Å². The van der Waals surface area contributed by atoms with Crippen LogP contribution in [0.2, 0.25) is 0 Å². The van der Waals surface area contributed by atoms with Gasteiger partial charge in [-0.25, -0.2) is 0 Å². The molecule has 1 atom stereocenters. The van der Waals surface area contributed by atoms with Gasteiger partial charge in [0.15, 0.2) is 0 Å². The lowest BCUT2D eigenvalue weighted by Gasteiger charge is -2.30. The van der Waals surface area contributed by atoms with Crippen LogP contribution in [0.4, 0.5) is 0 Å². The van der Waals surface area contributed by atoms with Crippen molar-refractivity contribution in [3.8, 4) is 0 Å². The van der Waals surface area contributed by atoms with Gasteiger partial charge in [-0.3, -0.25) is 0 Å². The molecule has 0 aliphatic rings. The average molecular weight is 324 g/mol. The minimum Gasteiger partial charge on any atom is -0.300 e. The number of rotatable bonds is 4. The summed E-state index contributed by atoms with van der Waals surface area (Å²) in [6, 6.07) is 13.2. The summed E-state index contributed by atoms with van der Waals surface area (Å²) in [7, 11) is 0. The van der Waals surface area contributed by atoms with Crippen molar-refractivity contribution in [3.05, 3.63) is 56.7 Å². The summed E-state index contributed by atoms with van der Waals surface area (Å²) in [5, 5.41) is 5.81. The number of nitrogens with one attached hydrogen (secondary N) is 1. The zero-order chi connectivity index (χ0) is 13.2. The Hall–Kier alpha value is -0.640. The first-order valence-electron chi connectivity index (χ1n) is 6.06. The second kappa shape index (κ2) is 5.55. The molecule has 0 saturated heterocycles. The van der Waals surface area contributed by atoms with Crippen LogP contribution in [-0.4, -0.2) is 0 Å². The Balaban J connectivity index is 2.14. The van der Waals surface area contributed by atoms with Gasteiger partial charge in [0.05, 0.1) is 0 Å². The van der Waals surface area contributed by atoms with E-state index in [0.717, 1.165) is 4.47 Å². The molecule has 0 aliphatic heterocycles. The van der Waals surface area contributed by atoms with E-state index in [1.165, 1.54) is 10.4 Å². The minimum absolute atomic E-state index is 0.0376. The summed E-state index contributed by atoms with van der Waals surface area (Å²) in [5.74, 6) is 0. The molecule has 2 rings (SSSR count). The fourth-order valence-corrected chi connectivity index (χ4v) is 3.10. The standard InChI is InChI=1S/C15H18BrNS/c1-11(14-5-4-10-18-14)17-15(2,3)12-6-8-13(16)9-7-12/h4-11,17H,1-3H3. The summed E-state index contributed by atoms with van der Waals surface area (Å²) in [5.41, 5.74) is 1.26. The number of hydrogen-bond donors (Lipinski definition) is 1. The lowest BCUT2D eigenvalue weighted by Crippen LogP contribution is -2.38. The Morgan fingerprint density at radius 1 is 1.17 bits per heavy atom. The third kappa shape index (κ3) is 3.22. The van der Waals surface area contributed by atoms with Crippen molar-refractivity contribution in [2.45, 2.75) is 32.4 Å². The molecule has 0 spiro atoms. The number of hydrogen-bond acceptors (Lipinski definition) is 2. The molecule has 1 unspecified atom stereocenters. The zero-order valence-electron chi connectivity index (χ0n) is 10.9. The highest BCUT2D eigenvalue weighted by Gasteiger charge is 2.23. The monoisotopic (exact) mass is 323 g/mol. The molecule has 1 aromatic heterocycles. The van der Waals surface area contributed by atoms with E-state index in [1.807, 2.05) is 0 Å². The van der Waals surface area contributed by atoms with E-state index in [2.05, 4.69) is 83.8 Å². The maximum Gasteiger partial charge on any atom is 0.0393 e. The van der Waals surface area contributed by atoms with Gasteiger partial charge in [0.2, 0.25) is 0 Å². The highest BCUT2D eigenvalue weighted by atomic mass is 79.9. The van der Waals surface area contributed by atoms with Gasteiger partial charge in [0, 0.05) is 20.9 Å². The van der Waals surface area contributed by atoms with Crippen molar-refractivity contribution in [3.63, 3.8) is 0 Å². The van der Waals surface area contributed by atoms with Gasteiger partial charge in [0.1, 0.15) is 0 Å². The molecule has 96 valence electrons. The van der Waals surface area contributed by atoms with E-state index < -0.39 is 0 Å². The molecule has 1 aromatic carbocycles. The Kier molecular flexibility index (Phi) is 4.25. The Labute approximate surface area is 121 Å². The van der Waals surface area contributed by atoms with Crippen LogP contribution in [0.15, 0.2) is 46.3 Å². The van der Waals surface area contributed by atoms with Crippen molar-refractivity contribution in [2.24, 2.45) is 0 Å². The van der Waals surface area contributed by atoms with E-state index in [1.54, 1.807) is 11.3 Å². The summed E-state index contributed by atoms with van der Waals surface area (Å²) in [6.07, 6.45) is 0. The van der Waals surface area contributed by atoms with Crippen LogP contribution in [0.5, 0.6) is 0 Å². The first-order valence-corrected chi connectivity index (χ1v) is 7.73. The van der Waals surface area contributed by atoms with Crippen LogP contribution in [0.25, 0.3) is 0 Å². The van der Waals surface area contributed by atoms with Crippen LogP contribution in [0.1, 0.15) is 37.3 Å². The van der Waals surface area contributed by atoms with Crippen LogP contribution in [0.3, 0.4) is 0 Å². The molecule has 0 fully saturated rings. The SMILES string of the molecule is CC(NC(C)(C)c1ccc(Br)cc1)c1cccs1. The molecule has 0 amide bonds. The van der Waals surface area contributed by atoms with E-state index in [-0.39, 0.29) is 5.54 Å². The Bertz CT molecular complexity index is 488. The Morgan fingerprint density at radius 3 is 2.39 bits per heavy atom. The molecule has 0 radical (unpaired) electrons. The number of halogens is 1. The average Bonchev–Trinajstić information content (AvgIpc) is 2.82. The third-order valence-electron chi connectivity index (χ3n) is 3.11. The molecule has 1 nitrogen and oxygen atoms in total. The molecule has 0 saturated carbocycles. The normalized spacial score (nSPS) is 13.6. The van der Waals surface area contributed by atoms with Gasteiger partial charge in [-0.1, -0.05) is 34.1 Å². The summed E-state index contributed by atoms with van der Waals surface area (Å²) >= 11 is 5.28. The second-order valence-electron chi connectivity index (χ2n) is 5.01. The molecule has 0 aliphatic carbocycles. The summed E-state index contributed by atoms with van der Waals surface area (Å²) in [4.78, 5) is 1.38. The second-order valence-corrected chi connectivity index (χ2v) is 6.91. The van der Waals surface area contributed by atoms with E-state index in [0.29, 0.717) is 6.04 Å². The van der Waals surface area contributed by atoms with Gasteiger partial charge >= 0.3 is 0 Å². The molecule has 3 heteroatoms.